The normalized spacial score (nSPS) is 11.4. The fraction of sp³-hybridized carbons (Fsp3) is 0.538. The molecule has 0 aliphatic rings. The summed E-state index contributed by atoms with van der Waals surface area (Å²) in [7, 11) is 6.63. The molecule has 0 fully saturated rings. The minimum atomic E-state index is 0.775. The molecular formula is C13H23N2O+. The molecule has 1 aromatic rings. The first kappa shape index (κ1) is 12.8. The van der Waals surface area contributed by atoms with Gasteiger partial charge < -0.3 is 15.0 Å². The molecule has 2 N–H and O–H groups in total. The lowest BCUT2D eigenvalue weighted by Gasteiger charge is -2.23. The molecule has 0 aromatic heterocycles. The number of ether oxygens (including phenoxy) is 1. The molecule has 0 bridgehead atoms. The van der Waals surface area contributed by atoms with Gasteiger partial charge in [-0.05, 0) is 37.1 Å². The first-order valence-electron chi connectivity index (χ1n) is 5.76. The predicted octanol–water partition coefficient (Wildman–Crippen LogP) is 2.13. The number of nitrogen functional groups attached to an aromatic ring is 1. The highest BCUT2D eigenvalue weighted by atomic mass is 16.5. The Labute approximate surface area is 98.4 Å². The van der Waals surface area contributed by atoms with Gasteiger partial charge in [0.05, 0.1) is 34.3 Å². The van der Waals surface area contributed by atoms with Gasteiger partial charge in [0.15, 0.2) is 0 Å². The molecule has 0 unspecified atom stereocenters. The Balaban J connectivity index is 2.14. The molecule has 0 saturated carbocycles. The minimum absolute atomic E-state index is 0.775. The minimum Gasteiger partial charge on any atom is -0.494 e. The molecule has 0 atom stereocenters. The van der Waals surface area contributed by atoms with Crippen molar-refractivity contribution in [1.82, 2.24) is 0 Å². The number of hydrogen-bond acceptors (Lipinski definition) is 2. The van der Waals surface area contributed by atoms with E-state index in [2.05, 4.69) is 21.1 Å². The summed E-state index contributed by atoms with van der Waals surface area (Å²) < 4.78 is 6.63. The van der Waals surface area contributed by atoms with E-state index in [1.807, 2.05) is 24.3 Å². The number of nitrogens with two attached hydrogens (primary N) is 1. The third-order valence-corrected chi connectivity index (χ3v) is 2.37. The standard InChI is InChI=1S/C13H23N2O/c1-15(2,3)10-4-5-11-16-13-8-6-12(14)7-9-13/h6-9H,4-5,10-11,14H2,1-3H3/q+1. The van der Waals surface area contributed by atoms with Crippen molar-refractivity contribution >= 4 is 5.69 Å². The molecular weight excluding hydrogens is 200 g/mol. The number of unbranched alkanes of at least 4 members (excludes halogenated alkanes) is 1. The summed E-state index contributed by atoms with van der Waals surface area (Å²) in [4.78, 5) is 0. The second-order valence-corrected chi connectivity index (χ2v) is 5.14. The average Bonchev–Trinajstić information content (AvgIpc) is 2.19. The summed E-state index contributed by atoms with van der Waals surface area (Å²) in [6.45, 7) is 1.97. The molecule has 90 valence electrons. The Kier molecular flexibility index (Phi) is 4.62. The molecule has 16 heavy (non-hydrogen) atoms. The number of rotatable bonds is 6. The maximum atomic E-state index is 5.61. The monoisotopic (exact) mass is 223 g/mol. The molecule has 0 spiro atoms. The van der Waals surface area contributed by atoms with Crippen molar-refractivity contribution in [2.24, 2.45) is 0 Å². The second-order valence-electron chi connectivity index (χ2n) is 5.14. The fourth-order valence-electron chi connectivity index (χ4n) is 1.44. The van der Waals surface area contributed by atoms with E-state index >= 15 is 0 Å². The number of hydrogen-bond donors (Lipinski definition) is 1. The average molecular weight is 223 g/mol. The zero-order valence-corrected chi connectivity index (χ0v) is 10.6. The van der Waals surface area contributed by atoms with E-state index in [-0.39, 0.29) is 0 Å². The van der Waals surface area contributed by atoms with E-state index in [9.17, 15) is 0 Å². The molecule has 0 amide bonds. The van der Waals surface area contributed by atoms with Crippen molar-refractivity contribution in [2.45, 2.75) is 12.8 Å². The first-order chi connectivity index (χ1) is 7.47. The summed E-state index contributed by atoms with van der Waals surface area (Å²) >= 11 is 0. The van der Waals surface area contributed by atoms with Gasteiger partial charge in [0.25, 0.3) is 0 Å². The molecule has 0 saturated heterocycles. The number of anilines is 1. The Bertz CT molecular complexity index is 301. The second kappa shape index (κ2) is 5.75. The fourth-order valence-corrected chi connectivity index (χ4v) is 1.44. The third kappa shape index (κ3) is 5.61. The van der Waals surface area contributed by atoms with Crippen molar-refractivity contribution in [2.75, 3.05) is 40.0 Å². The quantitative estimate of drug-likeness (QED) is 0.455. The molecule has 0 heterocycles. The molecule has 0 aliphatic heterocycles. The van der Waals surface area contributed by atoms with Crippen LogP contribution in [0.2, 0.25) is 0 Å². The Morgan fingerprint density at radius 1 is 1.06 bits per heavy atom. The predicted molar refractivity (Wildman–Crippen MR) is 68.5 cm³/mol. The number of quaternary nitrogens is 1. The van der Waals surface area contributed by atoms with E-state index in [0.717, 1.165) is 28.9 Å². The molecule has 3 heteroatoms. The maximum Gasteiger partial charge on any atom is 0.119 e. The third-order valence-electron chi connectivity index (χ3n) is 2.37. The van der Waals surface area contributed by atoms with Gasteiger partial charge in [0.2, 0.25) is 0 Å². The van der Waals surface area contributed by atoms with Gasteiger partial charge in [0.1, 0.15) is 5.75 Å². The van der Waals surface area contributed by atoms with Crippen LogP contribution in [0.4, 0.5) is 5.69 Å². The van der Waals surface area contributed by atoms with Crippen LogP contribution in [0.3, 0.4) is 0 Å². The molecule has 3 nitrogen and oxygen atoms in total. The largest absolute Gasteiger partial charge is 0.494 e. The summed E-state index contributed by atoms with van der Waals surface area (Å²) in [6.07, 6.45) is 2.29. The highest BCUT2D eigenvalue weighted by molar-refractivity contribution is 5.41. The van der Waals surface area contributed by atoms with Crippen LogP contribution in [0.1, 0.15) is 12.8 Å². The van der Waals surface area contributed by atoms with Gasteiger partial charge in [-0.3, -0.25) is 0 Å². The topological polar surface area (TPSA) is 35.2 Å². The van der Waals surface area contributed by atoms with Crippen molar-refractivity contribution in [3.63, 3.8) is 0 Å². The van der Waals surface area contributed by atoms with Gasteiger partial charge >= 0.3 is 0 Å². The van der Waals surface area contributed by atoms with Crippen molar-refractivity contribution in [3.05, 3.63) is 24.3 Å². The van der Waals surface area contributed by atoms with Crippen LogP contribution in [0.15, 0.2) is 24.3 Å². The lowest BCUT2D eigenvalue weighted by atomic mass is 10.3. The van der Waals surface area contributed by atoms with E-state index in [1.54, 1.807) is 0 Å². The Hall–Kier alpha value is -1.22. The van der Waals surface area contributed by atoms with Crippen molar-refractivity contribution < 1.29 is 9.22 Å². The van der Waals surface area contributed by atoms with E-state index in [1.165, 1.54) is 13.0 Å². The van der Waals surface area contributed by atoms with E-state index in [0.29, 0.717) is 0 Å². The summed E-state index contributed by atoms with van der Waals surface area (Å²) in [5, 5.41) is 0. The highest BCUT2D eigenvalue weighted by Gasteiger charge is 2.05. The maximum absolute atomic E-state index is 5.61. The first-order valence-corrected chi connectivity index (χ1v) is 5.76. The zero-order valence-electron chi connectivity index (χ0n) is 10.6. The Morgan fingerprint density at radius 2 is 1.69 bits per heavy atom. The van der Waals surface area contributed by atoms with Gasteiger partial charge in [0, 0.05) is 5.69 Å². The molecule has 0 aliphatic carbocycles. The zero-order chi connectivity index (χ0) is 12.0. The lowest BCUT2D eigenvalue weighted by molar-refractivity contribution is -0.870. The van der Waals surface area contributed by atoms with Crippen LogP contribution in [-0.4, -0.2) is 38.8 Å². The van der Waals surface area contributed by atoms with Gasteiger partial charge in [-0.25, -0.2) is 0 Å². The van der Waals surface area contributed by atoms with Crippen LogP contribution in [0.25, 0.3) is 0 Å². The summed E-state index contributed by atoms with van der Waals surface area (Å²) in [5.41, 5.74) is 6.37. The highest BCUT2D eigenvalue weighted by Crippen LogP contribution is 2.13. The molecule has 1 rings (SSSR count). The number of benzene rings is 1. The number of nitrogens with zero attached hydrogens (tertiary/aromatic N) is 1. The van der Waals surface area contributed by atoms with Gasteiger partial charge in [-0.1, -0.05) is 0 Å². The van der Waals surface area contributed by atoms with Gasteiger partial charge in [-0.15, -0.1) is 0 Å². The van der Waals surface area contributed by atoms with Crippen molar-refractivity contribution in [1.29, 1.82) is 0 Å². The Morgan fingerprint density at radius 3 is 2.25 bits per heavy atom. The molecule has 1 aromatic carbocycles. The van der Waals surface area contributed by atoms with Crippen LogP contribution < -0.4 is 10.5 Å². The SMILES string of the molecule is C[N+](C)(C)CCCCOc1ccc(N)cc1. The van der Waals surface area contributed by atoms with E-state index in [4.69, 9.17) is 10.5 Å². The van der Waals surface area contributed by atoms with Crippen LogP contribution >= 0.6 is 0 Å². The van der Waals surface area contributed by atoms with Crippen LogP contribution in [-0.2, 0) is 0 Å². The summed E-state index contributed by atoms with van der Waals surface area (Å²) in [5.74, 6) is 0.902. The van der Waals surface area contributed by atoms with Gasteiger partial charge in [-0.2, -0.15) is 0 Å². The smallest absolute Gasteiger partial charge is 0.119 e. The van der Waals surface area contributed by atoms with Crippen molar-refractivity contribution in [3.8, 4) is 5.75 Å². The molecule has 0 radical (unpaired) electrons. The lowest BCUT2D eigenvalue weighted by Crippen LogP contribution is -2.35. The summed E-state index contributed by atoms with van der Waals surface area (Å²) in [6, 6.07) is 7.55. The van der Waals surface area contributed by atoms with E-state index < -0.39 is 0 Å². The van der Waals surface area contributed by atoms with Crippen LogP contribution in [0, 0.1) is 0 Å². The van der Waals surface area contributed by atoms with Crippen LogP contribution in [0.5, 0.6) is 5.75 Å².